The fourth-order valence-corrected chi connectivity index (χ4v) is 2.44. The third-order valence-electron chi connectivity index (χ3n) is 4.10. The molecule has 154 valence electrons. The zero-order valence-electron chi connectivity index (χ0n) is 16.9. The predicted molar refractivity (Wildman–Crippen MR) is 113 cm³/mol. The average molecular weight is 397 g/mol. The highest BCUT2D eigenvalue weighted by Gasteiger charge is 2.07. The fraction of sp³-hybridized carbons (Fsp3) is 0.304. The molecule has 2 aromatic rings. The van der Waals surface area contributed by atoms with Gasteiger partial charge in [0.1, 0.15) is 11.5 Å². The minimum Gasteiger partial charge on any atom is -0.497 e. The molecule has 0 aliphatic carbocycles. The maximum Gasteiger partial charge on any atom is 0.333 e. The number of nitrogens with one attached hydrogen (secondary N) is 1. The second kappa shape index (κ2) is 11.5. The van der Waals surface area contributed by atoms with Gasteiger partial charge >= 0.3 is 5.97 Å². The first-order chi connectivity index (χ1) is 14.0. The van der Waals surface area contributed by atoms with Crippen molar-refractivity contribution in [3.63, 3.8) is 0 Å². The van der Waals surface area contributed by atoms with E-state index in [4.69, 9.17) is 14.2 Å². The molecule has 0 saturated heterocycles. The third kappa shape index (κ3) is 7.70. The molecular formula is C23H27NO5. The summed E-state index contributed by atoms with van der Waals surface area (Å²) in [7, 11) is 1.60. The zero-order chi connectivity index (χ0) is 21.1. The van der Waals surface area contributed by atoms with E-state index in [1.807, 2.05) is 0 Å². The number of methoxy groups -OCH3 is 1. The van der Waals surface area contributed by atoms with Gasteiger partial charge in [-0.2, -0.15) is 0 Å². The van der Waals surface area contributed by atoms with Crippen LogP contribution in [0.1, 0.15) is 36.5 Å². The number of hydrogen-bond acceptors (Lipinski definition) is 5. The Kier molecular flexibility index (Phi) is 8.76. The van der Waals surface area contributed by atoms with Gasteiger partial charge in [0, 0.05) is 16.8 Å². The minimum absolute atomic E-state index is 0.189. The van der Waals surface area contributed by atoms with Gasteiger partial charge in [0.25, 0.3) is 5.91 Å². The van der Waals surface area contributed by atoms with E-state index >= 15 is 0 Å². The fourth-order valence-electron chi connectivity index (χ4n) is 2.44. The van der Waals surface area contributed by atoms with Crippen LogP contribution in [0.25, 0.3) is 0 Å². The van der Waals surface area contributed by atoms with Gasteiger partial charge in [-0.1, -0.05) is 6.58 Å². The van der Waals surface area contributed by atoms with E-state index in [-0.39, 0.29) is 11.9 Å². The average Bonchev–Trinajstić information content (AvgIpc) is 2.73. The molecule has 0 aromatic heterocycles. The van der Waals surface area contributed by atoms with Crippen molar-refractivity contribution in [3.8, 4) is 11.5 Å². The summed E-state index contributed by atoms with van der Waals surface area (Å²) in [6.07, 6.45) is 2.53. The first-order valence-electron chi connectivity index (χ1n) is 9.50. The van der Waals surface area contributed by atoms with E-state index in [0.717, 1.165) is 25.0 Å². The van der Waals surface area contributed by atoms with Gasteiger partial charge in [-0.05, 0) is 74.7 Å². The minimum atomic E-state index is -0.350. The van der Waals surface area contributed by atoms with Crippen molar-refractivity contribution in [1.82, 2.24) is 0 Å². The van der Waals surface area contributed by atoms with E-state index in [1.165, 1.54) is 0 Å². The molecule has 0 bridgehead atoms. The number of rotatable bonds is 11. The van der Waals surface area contributed by atoms with Gasteiger partial charge in [-0.3, -0.25) is 4.79 Å². The quantitative estimate of drug-likeness (QED) is 0.340. The van der Waals surface area contributed by atoms with E-state index in [2.05, 4.69) is 11.9 Å². The lowest BCUT2D eigenvalue weighted by Gasteiger charge is -2.09. The van der Waals surface area contributed by atoms with Crippen LogP contribution in [0.3, 0.4) is 0 Å². The lowest BCUT2D eigenvalue weighted by Crippen LogP contribution is -2.11. The number of carbonyl (C=O) groups is 2. The molecule has 0 aliphatic rings. The summed E-state index contributed by atoms with van der Waals surface area (Å²) >= 11 is 0. The molecule has 0 aliphatic heterocycles. The molecule has 0 heterocycles. The zero-order valence-corrected chi connectivity index (χ0v) is 16.9. The molecule has 0 unspecified atom stereocenters. The normalized spacial score (nSPS) is 10.1. The molecule has 6 nitrogen and oxygen atoms in total. The summed E-state index contributed by atoms with van der Waals surface area (Å²) in [5.41, 5.74) is 1.66. The Labute approximate surface area is 171 Å². The number of ether oxygens (including phenoxy) is 3. The highest BCUT2D eigenvalue weighted by molar-refractivity contribution is 6.04. The van der Waals surface area contributed by atoms with E-state index in [9.17, 15) is 9.59 Å². The van der Waals surface area contributed by atoms with Crippen LogP contribution in [0, 0.1) is 0 Å². The maximum atomic E-state index is 12.3. The molecule has 0 fully saturated rings. The summed E-state index contributed by atoms with van der Waals surface area (Å²) in [5, 5.41) is 2.84. The number of amides is 1. The lowest BCUT2D eigenvalue weighted by molar-refractivity contribution is -0.139. The number of hydrogen-bond donors (Lipinski definition) is 1. The summed E-state index contributed by atoms with van der Waals surface area (Å²) in [6, 6.07) is 14.2. The van der Waals surface area contributed by atoms with Crippen LogP contribution in [0.15, 0.2) is 60.7 Å². The number of benzene rings is 2. The van der Waals surface area contributed by atoms with Crippen molar-refractivity contribution in [2.24, 2.45) is 0 Å². The standard InChI is InChI=1S/C23H27NO5/c1-17(2)23(26)29-16-6-4-5-15-28-21-11-7-18(8-12-21)22(25)24-19-9-13-20(27-3)14-10-19/h7-14H,1,4-6,15-16H2,2-3H3,(H,24,25). The molecule has 6 heteroatoms. The largest absolute Gasteiger partial charge is 0.497 e. The van der Waals surface area contributed by atoms with E-state index in [1.54, 1.807) is 62.6 Å². The molecule has 0 saturated carbocycles. The summed E-state index contributed by atoms with van der Waals surface area (Å²) in [6.45, 7) is 6.12. The van der Waals surface area contributed by atoms with Crippen molar-refractivity contribution in [1.29, 1.82) is 0 Å². The molecule has 0 spiro atoms. The Morgan fingerprint density at radius 3 is 2.14 bits per heavy atom. The molecule has 2 aromatic carbocycles. The highest BCUT2D eigenvalue weighted by Crippen LogP contribution is 2.17. The van der Waals surface area contributed by atoms with Crippen LogP contribution >= 0.6 is 0 Å². The number of unbranched alkanes of at least 4 members (excludes halogenated alkanes) is 2. The van der Waals surface area contributed by atoms with Crippen molar-refractivity contribution >= 4 is 17.6 Å². The smallest absolute Gasteiger partial charge is 0.333 e. The van der Waals surface area contributed by atoms with Crippen LogP contribution in [-0.4, -0.2) is 32.2 Å². The molecule has 29 heavy (non-hydrogen) atoms. The van der Waals surface area contributed by atoms with Crippen LogP contribution in [0.2, 0.25) is 0 Å². The van der Waals surface area contributed by atoms with Gasteiger partial charge in [0.05, 0.1) is 20.3 Å². The lowest BCUT2D eigenvalue weighted by atomic mass is 10.2. The number of anilines is 1. The van der Waals surface area contributed by atoms with E-state index < -0.39 is 0 Å². The molecule has 0 atom stereocenters. The second-order valence-corrected chi connectivity index (χ2v) is 6.53. The first-order valence-corrected chi connectivity index (χ1v) is 9.50. The summed E-state index contributed by atoms with van der Waals surface area (Å²) in [5.74, 6) is 0.903. The molecule has 1 N–H and O–H groups in total. The van der Waals surface area contributed by atoms with Gasteiger partial charge < -0.3 is 19.5 Å². The van der Waals surface area contributed by atoms with Crippen LogP contribution < -0.4 is 14.8 Å². The van der Waals surface area contributed by atoms with Crippen molar-refractivity contribution < 1.29 is 23.8 Å². The Balaban J connectivity index is 1.68. The first kappa shape index (κ1) is 22.0. The Hall–Kier alpha value is -3.28. The van der Waals surface area contributed by atoms with Gasteiger partial charge in [-0.15, -0.1) is 0 Å². The number of esters is 1. The number of carbonyl (C=O) groups excluding carboxylic acids is 2. The topological polar surface area (TPSA) is 73.9 Å². The third-order valence-corrected chi connectivity index (χ3v) is 4.10. The Morgan fingerprint density at radius 1 is 0.897 bits per heavy atom. The summed E-state index contributed by atoms with van der Waals surface area (Å²) in [4.78, 5) is 23.5. The van der Waals surface area contributed by atoms with Gasteiger partial charge in [-0.25, -0.2) is 4.79 Å². The van der Waals surface area contributed by atoms with Crippen LogP contribution in [0.4, 0.5) is 5.69 Å². The molecule has 1 amide bonds. The summed E-state index contributed by atoms with van der Waals surface area (Å²) < 4.78 is 15.8. The molecule has 0 radical (unpaired) electrons. The predicted octanol–water partition coefficient (Wildman–Crippen LogP) is 4.62. The van der Waals surface area contributed by atoms with Gasteiger partial charge in [0.2, 0.25) is 0 Å². The monoisotopic (exact) mass is 397 g/mol. The van der Waals surface area contributed by atoms with Gasteiger partial charge in [0.15, 0.2) is 0 Å². The van der Waals surface area contributed by atoms with Crippen molar-refractivity contribution in [3.05, 3.63) is 66.2 Å². The molecule has 2 rings (SSSR count). The SMILES string of the molecule is C=C(C)C(=O)OCCCCCOc1ccc(C(=O)Nc2ccc(OC)cc2)cc1. The maximum absolute atomic E-state index is 12.3. The second-order valence-electron chi connectivity index (χ2n) is 6.53. The van der Waals surface area contributed by atoms with Crippen LogP contribution in [-0.2, 0) is 9.53 Å². The van der Waals surface area contributed by atoms with Crippen LogP contribution in [0.5, 0.6) is 11.5 Å². The highest BCUT2D eigenvalue weighted by atomic mass is 16.5. The van der Waals surface area contributed by atoms with Crippen molar-refractivity contribution in [2.45, 2.75) is 26.2 Å². The van der Waals surface area contributed by atoms with Crippen molar-refractivity contribution in [2.75, 3.05) is 25.6 Å². The van der Waals surface area contributed by atoms with E-state index in [0.29, 0.717) is 35.8 Å². The molecular weight excluding hydrogens is 370 g/mol. The Bertz CT molecular complexity index is 812. The Morgan fingerprint density at radius 2 is 1.52 bits per heavy atom.